The van der Waals surface area contributed by atoms with Crippen LogP contribution in [0.5, 0.6) is 5.88 Å². The number of rotatable bonds is 5. The van der Waals surface area contributed by atoms with Crippen LogP contribution in [0.15, 0.2) is 57.1 Å². The Bertz CT molecular complexity index is 1040. The summed E-state index contributed by atoms with van der Waals surface area (Å²) < 4.78 is 0.930. The second-order valence-electron chi connectivity index (χ2n) is 6.14. The van der Waals surface area contributed by atoms with E-state index in [0.29, 0.717) is 23.6 Å². The van der Waals surface area contributed by atoms with E-state index in [-0.39, 0.29) is 5.88 Å². The molecule has 1 aliphatic heterocycles. The number of aromatic amines is 1. The molecule has 0 saturated carbocycles. The van der Waals surface area contributed by atoms with Gasteiger partial charge in [-0.05, 0) is 30.7 Å². The number of aliphatic imine (C=N–C) groups is 1. The van der Waals surface area contributed by atoms with Crippen LogP contribution in [0, 0.1) is 0 Å². The lowest BCUT2D eigenvalue weighted by atomic mass is 10.0. The number of nitrogens with one attached hydrogen (secondary N) is 1. The van der Waals surface area contributed by atoms with E-state index in [9.17, 15) is 5.11 Å². The molecular formula is C20H18BrN3O2. The third-order valence-corrected chi connectivity index (χ3v) is 4.83. The Hall–Kier alpha value is -2.60. The number of H-pyrrole nitrogens is 1. The topological polar surface area (TPSA) is 70.0 Å². The number of unbranched alkanes of at least 4 members (excludes halogenated alkanes) is 1. The summed E-state index contributed by atoms with van der Waals surface area (Å²) in [4.78, 5) is 13.3. The Kier molecular flexibility index (Phi) is 4.51. The maximum Gasteiger partial charge on any atom is 0.199 e. The Balaban J connectivity index is 1.85. The van der Waals surface area contributed by atoms with Gasteiger partial charge in [-0.15, -0.1) is 0 Å². The van der Waals surface area contributed by atoms with Crippen LogP contribution in [0.2, 0.25) is 0 Å². The van der Waals surface area contributed by atoms with E-state index in [1.165, 1.54) is 0 Å². The highest BCUT2D eigenvalue weighted by Crippen LogP contribution is 2.36. The van der Waals surface area contributed by atoms with Crippen molar-refractivity contribution in [3.05, 3.63) is 58.1 Å². The number of aromatic nitrogens is 1. The molecule has 0 saturated heterocycles. The molecule has 2 heterocycles. The molecule has 6 heteroatoms. The van der Waals surface area contributed by atoms with Crippen LogP contribution in [0.1, 0.15) is 30.9 Å². The predicted molar refractivity (Wildman–Crippen MR) is 108 cm³/mol. The number of hydrogen-bond donors (Lipinski definition) is 2. The molecule has 0 bridgehead atoms. The highest BCUT2D eigenvalue weighted by Gasteiger charge is 2.29. The number of para-hydroxylation sites is 1. The van der Waals surface area contributed by atoms with E-state index in [1.807, 2.05) is 42.5 Å². The van der Waals surface area contributed by atoms with Gasteiger partial charge in [-0.1, -0.05) is 52.6 Å². The summed E-state index contributed by atoms with van der Waals surface area (Å²) in [6.45, 7) is 2.66. The average Bonchev–Trinajstić information content (AvgIpc) is 3.15. The first-order chi connectivity index (χ1) is 12.7. The van der Waals surface area contributed by atoms with Crippen molar-refractivity contribution in [1.29, 1.82) is 0 Å². The molecule has 4 rings (SSSR count). The van der Waals surface area contributed by atoms with E-state index < -0.39 is 0 Å². The standard InChI is InChI=1S/C20H18BrN3O2/c1-2-3-10-26-24-18-13-6-4-5-7-15(13)22-19(18)17-14-11-12(21)8-9-16(14)23-20(17)25/h4-9,11,23,25H,2-3,10H2,1H3/b24-18+. The molecule has 2 N–H and O–H groups in total. The fraction of sp³-hybridized carbons (Fsp3) is 0.200. The van der Waals surface area contributed by atoms with Crippen molar-refractivity contribution in [1.82, 2.24) is 4.98 Å². The first-order valence-corrected chi connectivity index (χ1v) is 9.37. The Morgan fingerprint density at radius 2 is 2.08 bits per heavy atom. The van der Waals surface area contributed by atoms with E-state index in [2.05, 4.69) is 33.0 Å². The minimum atomic E-state index is 0.0749. The maximum absolute atomic E-state index is 10.5. The molecule has 0 fully saturated rings. The molecule has 0 aliphatic carbocycles. The summed E-state index contributed by atoms with van der Waals surface area (Å²) in [7, 11) is 0. The van der Waals surface area contributed by atoms with Gasteiger partial charge >= 0.3 is 0 Å². The summed E-state index contributed by atoms with van der Waals surface area (Å²) in [5.74, 6) is 0.0749. The van der Waals surface area contributed by atoms with Crippen molar-refractivity contribution in [2.45, 2.75) is 19.8 Å². The van der Waals surface area contributed by atoms with Gasteiger partial charge in [0.05, 0.1) is 11.3 Å². The molecule has 26 heavy (non-hydrogen) atoms. The Morgan fingerprint density at radius 3 is 2.92 bits per heavy atom. The normalized spacial score (nSPS) is 14.7. The van der Waals surface area contributed by atoms with Crippen LogP contribution in [0.3, 0.4) is 0 Å². The van der Waals surface area contributed by atoms with Gasteiger partial charge in [0.25, 0.3) is 0 Å². The molecule has 0 unspecified atom stereocenters. The number of nitrogens with zero attached hydrogens (tertiary/aromatic N) is 2. The highest BCUT2D eigenvalue weighted by atomic mass is 79.9. The summed E-state index contributed by atoms with van der Waals surface area (Å²) in [5.41, 5.74) is 4.46. The number of oxime groups is 1. The third-order valence-electron chi connectivity index (χ3n) is 4.34. The van der Waals surface area contributed by atoms with E-state index >= 15 is 0 Å². The van der Waals surface area contributed by atoms with Crippen LogP contribution in [-0.2, 0) is 4.84 Å². The van der Waals surface area contributed by atoms with E-state index in [4.69, 9.17) is 9.83 Å². The monoisotopic (exact) mass is 411 g/mol. The fourth-order valence-corrected chi connectivity index (χ4v) is 3.41. The average molecular weight is 412 g/mol. The van der Waals surface area contributed by atoms with Gasteiger partial charge in [0.1, 0.15) is 18.0 Å². The zero-order valence-corrected chi connectivity index (χ0v) is 15.9. The minimum absolute atomic E-state index is 0.0749. The van der Waals surface area contributed by atoms with Crippen LogP contribution >= 0.6 is 15.9 Å². The number of aromatic hydroxyl groups is 1. The van der Waals surface area contributed by atoms with Crippen LogP contribution < -0.4 is 0 Å². The van der Waals surface area contributed by atoms with E-state index in [0.717, 1.165) is 39.5 Å². The van der Waals surface area contributed by atoms with Crippen LogP contribution in [0.4, 0.5) is 5.69 Å². The minimum Gasteiger partial charge on any atom is -0.494 e. The first kappa shape index (κ1) is 16.8. The molecule has 3 aromatic rings. The zero-order chi connectivity index (χ0) is 18.1. The lowest BCUT2D eigenvalue weighted by Gasteiger charge is -2.05. The van der Waals surface area contributed by atoms with E-state index in [1.54, 1.807) is 0 Å². The number of fused-ring (bicyclic) bond motifs is 2. The SMILES string of the molecule is CCCCO/N=C1/C(c2c(O)[nH]c3ccc(Br)cc23)=Nc2ccccc21. The molecule has 0 radical (unpaired) electrons. The quantitative estimate of drug-likeness (QED) is 0.442. The smallest absolute Gasteiger partial charge is 0.199 e. The van der Waals surface area contributed by atoms with Gasteiger partial charge in [0.2, 0.25) is 0 Å². The molecule has 132 valence electrons. The molecule has 0 atom stereocenters. The van der Waals surface area contributed by atoms with Crippen molar-refractivity contribution < 1.29 is 9.94 Å². The van der Waals surface area contributed by atoms with Crippen molar-refractivity contribution >= 4 is 43.9 Å². The summed E-state index contributed by atoms with van der Waals surface area (Å²) >= 11 is 3.50. The summed E-state index contributed by atoms with van der Waals surface area (Å²) in [6, 6.07) is 13.6. The second kappa shape index (κ2) is 6.96. The molecule has 1 aromatic heterocycles. The van der Waals surface area contributed by atoms with Crippen molar-refractivity contribution in [2.24, 2.45) is 10.1 Å². The van der Waals surface area contributed by atoms with Gasteiger partial charge in [0, 0.05) is 20.9 Å². The molecule has 5 nitrogen and oxygen atoms in total. The largest absolute Gasteiger partial charge is 0.494 e. The Morgan fingerprint density at radius 1 is 1.23 bits per heavy atom. The molecule has 0 spiro atoms. The first-order valence-electron chi connectivity index (χ1n) is 8.58. The lowest BCUT2D eigenvalue weighted by molar-refractivity contribution is 0.142. The molecule has 0 amide bonds. The number of halogens is 1. The molecular weight excluding hydrogens is 394 g/mol. The predicted octanol–water partition coefficient (Wildman–Crippen LogP) is 5.29. The summed E-state index contributed by atoms with van der Waals surface area (Å²) in [6.07, 6.45) is 1.98. The van der Waals surface area contributed by atoms with Gasteiger partial charge in [-0.2, -0.15) is 0 Å². The highest BCUT2D eigenvalue weighted by molar-refractivity contribution is 9.10. The fourth-order valence-electron chi connectivity index (χ4n) is 3.05. The van der Waals surface area contributed by atoms with Crippen molar-refractivity contribution in [3.8, 4) is 5.88 Å². The Labute approximate surface area is 159 Å². The molecule has 1 aliphatic rings. The number of benzene rings is 2. The van der Waals surface area contributed by atoms with Crippen molar-refractivity contribution in [2.75, 3.05) is 6.61 Å². The van der Waals surface area contributed by atoms with Gasteiger partial charge in [0.15, 0.2) is 5.88 Å². The second-order valence-corrected chi connectivity index (χ2v) is 7.06. The molecule has 2 aromatic carbocycles. The van der Waals surface area contributed by atoms with Gasteiger partial charge in [-0.25, -0.2) is 4.99 Å². The summed E-state index contributed by atoms with van der Waals surface area (Å²) in [5, 5.41) is 15.8. The van der Waals surface area contributed by atoms with Gasteiger partial charge < -0.3 is 14.9 Å². The van der Waals surface area contributed by atoms with Gasteiger partial charge in [-0.3, -0.25) is 0 Å². The lowest BCUT2D eigenvalue weighted by Crippen LogP contribution is -2.13. The van der Waals surface area contributed by atoms with Crippen LogP contribution in [0.25, 0.3) is 10.9 Å². The maximum atomic E-state index is 10.5. The zero-order valence-electron chi connectivity index (χ0n) is 14.3. The third kappa shape index (κ3) is 2.90. The van der Waals surface area contributed by atoms with Crippen LogP contribution in [-0.4, -0.2) is 28.1 Å². The van der Waals surface area contributed by atoms with Crippen molar-refractivity contribution in [3.63, 3.8) is 0 Å². The number of hydrogen-bond acceptors (Lipinski definition) is 4.